The maximum Gasteiger partial charge on any atom is 0.106 e. The maximum atomic E-state index is 5.45. The van der Waals surface area contributed by atoms with Gasteiger partial charge in [-0.15, -0.1) is 12.4 Å². The maximum absolute atomic E-state index is 5.45. The molecule has 0 aromatic carbocycles. The van der Waals surface area contributed by atoms with E-state index in [2.05, 4.69) is 5.32 Å². The van der Waals surface area contributed by atoms with E-state index in [0.29, 0.717) is 0 Å². The lowest BCUT2D eigenvalue weighted by molar-refractivity contribution is -0.169. The molecule has 11 heavy (non-hydrogen) atoms. The van der Waals surface area contributed by atoms with Crippen molar-refractivity contribution in [2.75, 3.05) is 32.9 Å². The minimum Gasteiger partial charge on any atom is -0.377 e. The van der Waals surface area contributed by atoms with Crippen LogP contribution in [-0.4, -0.2) is 38.5 Å². The molecular formula is C7H14ClNO2. The fourth-order valence-electron chi connectivity index (χ4n) is 1.41. The normalized spacial score (nSPS) is 37.1. The average molecular weight is 180 g/mol. The lowest BCUT2D eigenvalue weighted by Crippen LogP contribution is -2.53. The molecule has 0 amide bonds. The first-order valence-electron chi connectivity index (χ1n) is 3.84. The van der Waals surface area contributed by atoms with Crippen molar-refractivity contribution >= 4 is 12.4 Å². The lowest BCUT2D eigenvalue weighted by Gasteiger charge is -2.40. The van der Waals surface area contributed by atoms with Crippen LogP contribution in [0, 0.1) is 0 Å². The van der Waals surface area contributed by atoms with Crippen molar-refractivity contribution in [2.45, 2.75) is 12.0 Å². The van der Waals surface area contributed by atoms with Crippen molar-refractivity contribution in [3.05, 3.63) is 0 Å². The van der Waals surface area contributed by atoms with Crippen LogP contribution in [0.5, 0.6) is 0 Å². The number of halogens is 1. The van der Waals surface area contributed by atoms with Gasteiger partial charge in [0.05, 0.1) is 19.8 Å². The molecule has 0 radical (unpaired) electrons. The molecule has 2 saturated heterocycles. The number of nitrogens with one attached hydrogen (secondary N) is 1. The molecule has 66 valence electrons. The molecule has 4 heteroatoms. The highest BCUT2D eigenvalue weighted by atomic mass is 35.5. The Bertz CT molecular complexity index is 118. The van der Waals surface area contributed by atoms with E-state index in [0.717, 1.165) is 39.3 Å². The van der Waals surface area contributed by atoms with Crippen molar-refractivity contribution in [3.8, 4) is 0 Å². The zero-order valence-corrected chi connectivity index (χ0v) is 7.28. The van der Waals surface area contributed by atoms with Gasteiger partial charge < -0.3 is 14.8 Å². The molecule has 2 aliphatic heterocycles. The second kappa shape index (κ2) is 3.72. The van der Waals surface area contributed by atoms with Gasteiger partial charge in [-0.05, 0) is 0 Å². The largest absolute Gasteiger partial charge is 0.377 e. The molecule has 0 saturated carbocycles. The first kappa shape index (κ1) is 9.26. The Balaban J connectivity index is 0.000000605. The van der Waals surface area contributed by atoms with Gasteiger partial charge in [0.25, 0.3) is 0 Å². The van der Waals surface area contributed by atoms with Gasteiger partial charge in [-0.3, -0.25) is 0 Å². The third-order valence-electron chi connectivity index (χ3n) is 2.20. The summed E-state index contributed by atoms with van der Waals surface area (Å²) in [5, 5.41) is 3.29. The highest BCUT2D eigenvalue weighted by molar-refractivity contribution is 5.85. The monoisotopic (exact) mass is 179 g/mol. The first-order chi connectivity index (χ1) is 4.91. The zero-order chi connectivity index (χ0) is 6.86. The SMILES string of the molecule is C1COCC2(CCO2)CN1.Cl. The van der Waals surface area contributed by atoms with E-state index in [1.807, 2.05) is 0 Å². The third kappa shape index (κ3) is 1.85. The molecule has 1 atom stereocenters. The van der Waals surface area contributed by atoms with Crippen LogP contribution in [0.2, 0.25) is 0 Å². The molecule has 2 heterocycles. The molecule has 2 aliphatic rings. The molecule has 0 aliphatic carbocycles. The fraction of sp³-hybridized carbons (Fsp3) is 1.00. The first-order valence-corrected chi connectivity index (χ1v) is 3.84. The summed E-state index contributed by atoms with van der Waals surface area (Å²) >= 11 is 0. The molecule has 0 aromatic rings. The van der Waals surface area contributed by atoms with Crippen LogP contribution in [0.25, 0.3) is 0 Å². The molecule has 3 nitrogen and oxygen atoms in total. The Morgan fingerprint density at radius 1 is 1.27 bits per heavy atom. The molecule has 2 rings (SSSR count). The molecule has 1 spiro atoms. The van der Waals surface area contributed by atoms with Gasteiger partial charge in [-0.25, -0.2) is 0 Å². The van der Waals surface area contributed by atoms with E-state index in [4.69, 9.17) is 9.47 Å². The summed E-state index contributed by atoms with van der Waals surface area (Å²) < 4.78 is 10.8. The zero-order valence-electron chi connectivity index (χ0n) is 6.47. The molecule has 0 aromatic heterocycles. The van der Waals surface area contributed by atoms with Crippen LogP contribution in [0.4, 0.5) is 0 Å². The van der Waals surface area contributed by atoms with Gasteiger partial charge in [-0.1, -0.05) is 0 Å². The highest BCUT2D eigenvalue weighted by Crippen LogP contribution is 2.26. The minimum atomic E-state index is 0. The number of rotatable bonds is 0. The van der Waals surface area contributed by atoms with E-state index in [9.17, 15) is 0 Å². The Hall–Kier alpha value is 0.170. The van der Waals surface area contributed by atoms with E-state index in [1.54, 1.807) is 0 Å². The highest BCUT2D eigenvalue weighted by Gasteiger charge is 2.39. The van der Waals surface area contributed by atoms with Gasteiger partial charge in [0.2, 0.25) is 0 Å². The van der Waals surface area contributed by atoms with Gasteiger partial charge >= 0.3 is 0 Å². The Labute approximate surface area is 72.8 Å². The third-order valence-corrected chi connectivity index (χ3v) is 2.20. The van der Waals surface area contributed by atoms with Crippen LogP contribution < -0.4 is 5.32 Å². The molecule has 0 bridgehead atoms. The van der Waals surface area contributed by atoms with E-state index in [1.165, 1.54) is 0 Å². The van der Waals surface area contributed by atoms with E-state index >= 15 is 0 Å². The van der Waals surface area contributed by atoms with Crippen LogP contribution >= 0.6 is 12.4 Å². The number of ether oxygens (including phenoxy) is 2. The van der Waals surface area contributed by atoms with Crippen LogP contribution in [0.3, 0.4) is 0 Å². The van der Waals surface area contributed by atoms with Crippen LogP contribution in [0.15, 0.2) is 0 Å². The summed E-state index contributed by atoms with van der Waals surface area (Å²) in [6.45, 7) is 4.44. The molecule has 1 N–H and O–H groups in total. The second-order valence-corrected chi connectivity index (χ2v) is 3.01. The van der Waals surface area contributed by atoms with Crippen molar-refractivity contribution in [2.24, 2.45) is 0 Å². The lowest BCUT2D eigenvalue weighted by atomic mass is 9.96. The standard InChI is InChI=1S/C7H13NO2.ClH/c1-3-10-7(1)5-8-2-4-9-6-7;/h8H,1-6H2;1H. The van der Waals surface area contributed by atoms with Crippen molar-refractivity contribution < 1.29 is 9.47 Å². The van der Waals surface area contributed by atoms with Gasteiger partial charge in [0, 0.05) is 19.5 Å². The summed E-state index contributed by atoms with van der Waals surface area (Å²) in [4.78, 5) is 0. The van der Waals surface area contributed by atoms with Crippen LogP contribution in [0.1, 0.15) is 6.42 Å². The fourth-order valence-corrected chi connectivity index (χ4v) is 1.41. The number of hydrogen-bond acceptors (Lipinski definition) is 3. The van der Waals surface area contributed by atoms with Gasteiger partial charge in [0.1, 0.15) is 5.60 Å². The number of hydrogen-bond donors (Lipinski definition) is 1. The van der Waals surface area contributed by atoms with Crippen molar-refractivity contribution in [1.29, 1.82) is 0 Å². The molecule has 1 unspecified atom stereocenters. The quantitative estimate of drug-likeness (QED) is 0.576. The summed E-state index contributed by atoms with van der Waals surface area (Å²) in [5.41, 5.74) is 0.0521. The van der Waals surface area contributed by atoms with E-state index in [-0.39, 0.29) is 18.0 Å². The predicted molar refractivity (Wildman–Crippen MR) is 44.2 cm³/mol. The average Bonchev–Trinajstić information content (AvgIpc) is 2.08. The van der Waals surface area contributed by atoms with Crippen molar-refractivity contribution in [1.82, 2.24) is 5.32 Å². The second-order valence-electron chi connectivity index (χ2n) is 3.01. The minimum absolute atomic E-state index is 0. The predicted octanol–water partition coefficient (Wildman–Crippen LogP) is 0.187. The van der Waals surface area contributed by atoms with Crippen LogP contribution in [-0.2, 0) is 9.47 Å². The van der Waals surface area contributed by atoms with Gasteiger partial charge in [-0.2, -0.15) is 0 Å². The Morgan fingerprint density at radius 3 is 2.73 bits per heavy atom. The van der Waals surface area contributed by atoms with Gasteiger partial charge in [0.15, 0.2) is 0 Å². The summed E-state index contributed by atoms with van der Waals surface area (Å²) in [6, 6.07) is 0. The smallest absolute Gasteiger partial charge is 0.106 e. The molecular weight excluding hydrogens is 166 g/mol. The Morgan fingerprint density at radius 2 is 2.09 bits per heavy atom. The summed E-state index contributed by atoms with van der Waals surface area (Å²) in [6.07, 6.45) is 1.15. The topological polar surface area (TPSA) is 30.5 Å². The summed E-state index contributed by atoms with van der Waals surface area (Å²) in [5.74, 6) is 0. The molecule has 2 fully saturated rings. The van der Waals surface area contributed by atoms with E-state index < -0.39 is 0 Å². The Kier molecular flexibility index (Phi) is 3.13. The van der Waals surface area contributed by atoms with Crippen molar-refractivity contribution in [3.63, 3.8) is 0 Å². The summed E-state index contributed by atoms with van der Waals surface area (Å²) in [7, 11) is 0.